The highest BCUT2D eigenvalue weighted by molar-refractivity contribution is 6.03. The van der Waals surface area contributed by atoms with Crippen LogP contribution >= 0.6 is 0 Å². The first kappa shape index (κ1) is 13.8. The van der Waals surface area contributed by atoms with Crippen molar-refractivity contribution in [1.29, 1.82) is 0 Å². The summed E-state index contributed by atoms with van der Waals surface area (Å²) >= 11 is 0. The van der Waals surface area contributed by atoms with Crippen molar-refractivity contribution in [1.82, 2.24) is 4.90 Å². The van der Waals surface area contributed by atoms with Crippen molar-refractivity contribution < 1.29 is 9.59 Å². The number of hydrogen-bond donors (Lipinski definition) is 0. The van der Waals surface area contributed by atoms with Crippen LogP contribution in [0, 0.1) is 5.92 Å². The van der Waals surface area contributed by atoms with Gasteiger partial charge in [-0.2, -0.15) is 0 Å². The molecule has 3 nitrogen and oxygen atoms in total. The van der Waals surface area contributed by atoms with Crippen LogP contribution in [-0.4, -0.2) is 28.7 Å². The normalized spacial score (nSPS) is 23.8. The number of amides is 1. The van der Waals surface area contributed by atoms with E-state index < -0.39 is 5.92 Å². The number of nitrogens with zero attached hydrogens (tertiary/aromatic N) is 1. The van der Waals surface area contributed by atoms with Crippen molar-refractivity contribution >= 4 is 11.7 Å². The van der Waals surface area contributed by atoms with Crippen molar-refractivity contribution in [3.05, 3.63) is 35.9 Å². The maximum atomic E-state index is 12.5. The third-order valence-electron chi connectivity index (χ3n) is 3.79. The zero-order valence-electron chi connectivity index (χ0n) is 12.0. The molecule has 0 aromatic heterocycles. The van der Waals surface area contributed by atoms with Gasteiger partial charge in [-0.05, 0) is 33.3 Å². The molecule has 102 valence electrons. The fraction of sp³-hybridized carbons (Fsp3) is 0.500. The van der Waals surface area contributed by atoms with E-state index in [0.29, 0.717) is 6.54 Å². The second-order valence-corrected chi connectivity index (χ2v) is 6.23. The lowest BCUT2D eigenvalue weighted by molar-refractivity contribution is -0.139. The maximum Gasteiger partial charge on any atom is 0.234 e. The van der Waals surface area contributed by atoms with Crippen molar-refractivity contribution in [2.24, 2.45) is 5.92 Å². The predicted octanol–water partition coefficient (Wildman–Crippen LogP) is 2.62. The lowest BCUT2D eigenvalue weighted by Crippen LogP contribution is -2.43. The monoisotopic (exact) mass is 259 g/mol. The minimum absolute atomic E-state index is 0.0228. The second kappa shape index (κ2) is 4.80. The van der Waals surface area contributed by atoms with Gasteiger partial charge in [0.05, 0.1) is 0 Å². The molecule has 2 atom stereocenters. The number of hydrogen-bond acceptors (Lipinski definition) is 2. The van der Waals surface area contributed by atoms with Gasteiger partial charge in [-0.15, -0.1) is 0 Å². The zero-order chi connectivity index (χ0) is 14.2. The Labute approximate surface area is 114 Å². The third-order valence-corrected chi connectivity index (χ3v) is 3.79. The molecule has 1 fully saturated rings. The Morgan fingerprint density at radius 3 is 2.26 bits per heavy atom. The molecule has 0 radical (unpaired) electrons. The molecule has 0 spiro atoms. The number of ketones is 1. The van der Waals surface area contributed by atoms with Crippen LogP contribution in [0.5, 0.6) is 0 Å². The van der Waals surface area contributed by atoms with Crippen LogP contribution in [0.25, 0.3) is 0 Å². The van der Waals surface area contributed by atoms with E-state index in [0.717, 1.165) is 5.56 Å². The van der Waals surface area contributed by atoms with Gasteiger partial charge >= 0.3 is 0 Å². The van der Waals surface area contributed by atoms with Gasteiger partial charge in [-0.1, -0.05) is 30.3 Å². The molecule has 1 heterocycles. The molecule has 3 heteroatoms. The summed E-state index contributed by atoms with van der Waals surface area (Å²) in [6, 6.07) is 9.86. The number of benzene rings is 1. The van der Waals surface area contributed by atoms with Crippen molar-refractivity contribution in [2.75, 3.05) is 6.54 Å². The number of Topliss-reactive ketones (excluding diaryl/α,β-unsaturated/α-hetero) is 1. The molecule has 1 aliphatic heterocycles. The Kier molecular flexibility index (Phi) is 3.48. The first-order chi connectivity index (χ1) is 8.82. The van der Waals surface area contributed by atoms with Crippen LogP contribution in [0.15, 0.2) is 30.3 Å². The highest BCUT2D eigenvalue weighted by Crippen LogP contribution is 2.37. The minimum atomic E-state index is -0.526. The molecule has 0 aliphatic carbocycles. The van der Waals surface area contributed by atoms with E-state index in [9.17, 15) is 9.59 Å². The van der Waals surface area contributed by atoms with Gasteiger partial charge in [0.2, 0.25) is 5.91 Å². The SMILES string of the molecule is CC(=O)[C@@H]1C(=O)N(C(C)(C)C)C[C@H]1c1ccccc1. The van der Waals surface area contributed by atoms with Crippen LogP contribution in [0.2, 0.25) is 0 Å². The van der Waals surface area contributed by atoms with E-state index in [4.69, 9.17) is 0 Å². The van der Waals surface area contributed by atoms with Gasteiger partial charge < -0.3 is 4.90 Å². The van der Waals surface area contributed by atoms with E-state index in [1.54, 1.807) is 0 Å². The molecule has 1 aromatic rings. The highest BCUT2D eigenvalue weighted by atomic mass is 16.2. The first-order valence-corrected chi connectivity index (χ1v) is 6.69. The average Bonchev–Trinajstić information content (AvgIpc) is 2.68. The molecule has 19 heavy (non-hydrogen) atoms. The van der Waals surface area contributed by atoms with Crippen molar-refractivity contribution in [2.45, 2.75) is 39.2 Å². The molecule has 1 aromatic carbocycles. The third kappa shape index (κ3) is 2.55. The van der Waals surface area contributed by atoms with Crippen LogP contribution in [0.4, 0.5) is 0 Å². The molecule has 0 bridgehead atoms. The fourth-order valence-electron chi connectivity index (χ4n) is 2.79. The van der Waals surface area contributed by atoms with Crippen LogP contribution in [-0.2, 0) is 9.59 Å². The molecule has 0 N–H and O–H groups in total. The summed E-state index contributed by atoms with van der Waals surface area (Å²) in [6.07, 6.45) is 0. The maximum absolute atomic E-state index is 12.5. The zero-order valence-corrected chi connectivity index (χ0v) is 12.0. The summed E-state index contributed by atoms with van der Waals surface area (Å²) in [7, 11) is 0. The van der Waals surface area contributed by atoms with Gasteiger partial charge in [0, 0.05) is 18.0 Å². The molecular formula is C16H21NO2. The Bertz CT molecular complexity index is 487. The first-order valence-electron chi connectivity index (χ1n) is 6.69. The summed E-state index contributed by atoms with van der Waals surface area (Å²) in [4.78, 5) is 26.2. The topological polar surface area (TPSA) is 37.4 Å². The standard InChI is InChI=1S/C16H21NO2/c1-11(18)14-13(12-8-6-5-7-9-12)10-17(15(14)19)16(2,3)4/h5-9,13-14H,10H2,1-4H3/t13-,14-/m0/s1. The van der Waals surface area contributed by atoms with Crippen LogP contribution in [0.3, 0.4) is 0 Å². The summed E-state index contributed by atoms with van der Waals surface area (Å²) in [5, 5.41) is 0. The number of rotatable bonds is 2. The Balaban J connectivity index is 2.38. The molecule has 2 rings (SSSR count). The molecule has 1 amide bonds. The highest BCUT2D eigenvalue weighted by Gasteiger charge is 2.47. The van der Waals surface area contributed by atoms with E-state index in [1.165, 1.54) is 6.92 Å². The van der Waals surface area contributed by atoms with Crippen molar-refractivity contribution in [3.8, 4) is 0 Å². The van der Waals surface area contributed by atoms with Crippen LogP contribution in [0.1, 0.15) is 39.2 Å². The number of carbonyl (C=O) groups excluding carboxylic acids is 2. The lowest BCUT2D eigenvalue weighted by Gasteiger charge is -2.32. The lowest BCUT2D eigenvalue weighted by atomic mass is 9.86. The van der Waals surface area contributed by atoms with E-state index in [2.05, 4.69) is 0 Å². The summed E-state index contributed by atoms with van der Waals surface area (Å²) in [5.41, 5.74) is 0.830. The number of carbonyl (C=O) groups is 2. The van der Waals surface area contributed by atoms with Gasteiger partial charge in [0.25, 0.3) is 0 Å². The Morgan fingerprint density at radius 1 is 1.21 bits per heavy atom. The molecule has 1 aliphatic rings. The van der Waals surface area contributed by atoms with Crippen LogP contribution < -0.4 is 0 Å². The number of likely N-dealkylation sites (tertiary alicyclic amines) is 1. The summed E-state index contributed by atoms with van der Waals surface area (Å²) < 4.78 is 0. The predicted molar refractivity (Wildman–Crippen MR) is 74.8 cm³/mol. The van der Waals surface area contributed by atoms with E-state index in [-0.39, 0.29) is 23.1 Å². The average molecular weight is 259 g/mol. The summed E-state index contributed by atoms with van der Waals surface area (Å²) in [5.74, 6) is -0.619. The fourth-order valence-corrected chi connectivity index (χ4v) is 2.79. The second-order valence-electron chi connectivity index (χ2n) is 6.23. The Morgan fingerprint density at radius 2 is 1.79 bits per heavy atom. The quantitative estimate of drug-likeness (QED) is 0.766. The van der Waals surface area contributed by atoms with Gasteiger partial charge in [-0.3, -0.25) is 9.59 Å². The Hall–Kier alpha value is -1.64. The van der Waals surface area contributed by atoms with E-state index in [1.807, 2.05) is 56.0 Å². The largest absolute Gasteiger partial charge is 0.337 e. The van der Waals surface area contributed by atoms with E-state index >= 15 is 0 Å². The van der Waals surface area contributed by atoms with Gasteiger partial charge in [0.15, 0.2) is 0 Å². The van der Waals surface area contributed by atoms with Crippen molar-refractivity contribution in [3.63, 3.8) is 0 Å². The van der Waals surface area contributed by atoms with Gasteiger partial charge in [-0.25, -0.2) is 0 Å². The smallest absolute Gasteiger partial charge is 0.234 e. The molecule has 0 unspecified atom stereocenters. The summed E-state index contributed by atoms with van der Waals surface area (Å²) in [6.45, 7) is 8.17. The van der Waals surface area contributed by atoms with Gasteiger partial charge in [0.1, 0.15) is 11.7 Å². The molecule has 0 saturated carbocycles. The molecular weight excluding hydrogens is 238 g/mol. The minimum Gasteiger partial charge on any atom is -0.337 e. The molecule has 1 saturated heterocycles.